The molecule has 2 aromatic heterocycles. The Morgan fingerprint density at radius 2 is 2.17 bits per heavy atom. The van der Waals surface area contributed by atoms with Crippen LogP contribution in [-0.2, 0) is 0 Å². The summed E-state index contributed by atoms with van der Waals surface area (Å²) in [6.45, 7) is 2.06. The van der Waals surface area contributed by atoms with Crippen molar-refractivity contribution in [2.24, 2.45) is 0 Å². The first-order chi connectivity index (χ1) is 8.74. The number of hydrogen-bond acceptors (Lipinski definition) is 4. The van der Waals surface area contributed by atoms with Gasteiger partial charge >= 0.3 is 0 Å². The van der Waals surface area contributed by atoms with E-state index < -0.39 is 0 Å². The number of aryl methyl sites for hydroxylation is 1. The van der Waals surface area contributed by atoms with Crippen LogP contribution in [0.3, 0.4) is 0 Å². The van der Waals surface area contributed by atoms with E-state index in [0.29, 0.717) is 0 Å². The quantitative estimate of drug-likeness (QED) is 0.755. The molecule has 90 valence electrons. The Morgan fingerprint density at radius 3 is 3.00 bits per heavy atom. The van der Waals surface area contributed by atoms with Crippen molar-refractivity contribution in [2.45, 2.75) is 6.92 Å². The Bertz CT molecular complexity index is 708. The summed E-state index contributed by atoms with van der Waals surface area (Å²) in [7, 11) is 0. The maximum Gasteiger partial charge on any atom is 0.151 e. The van der Waals surface area contributed by atoms with E-state index in [2.05, 4.69) is 43.5 Å². The van der Waals surface area contributed by atoms with Gasteiger partial charge in [0, 0.05) is 10.2 Å². The second kappa shape index (κ2) is 4.66. The van der Waals surface area contributed by atoms with Crippen LogP contribution in [0.25, 0.3) is 10.2 Å². The normalized spacial score (nSPS) is 10.8. The van der Waals surface area contributed by atoms with Crippen molar-refractivity contribution >= 4 is 49.0 Å². The number of anilines is 2. The minimum absolute atomic E-state index is 0.858. The van der Waals surface area contributed by atoms with E-state index in [9.17, 15) is 0 Å². The fourth-order valence-corrected chi connectivity index (χ4v) is 3.11. The molecule has 0 spiro atoms. The summed E-state index contributed by atoms with van der Waals surface area (Å²) in [6.07, 6.45) is 1.60. The molecule has 0 saturated heterocycles. The van der Waals surface area contributed by atoms with Crippen LogP contribution in [0.5, 0.6) is 0 Å². The third-order valence-corrected chi connectivity index (χ3v) is 4.21. The number of hydrogen-bond donors (Lipinski definition) is 1. The van der Waals surface area contributed by atoms with Gasteiger partial charge in [-0.3, -0.25) is 0 Å². The molecule has 5 heteroatoms. The van der Waals surface area contributed by atoms with E-state index in [-0.39, 0.29) is 0 Å². The average molecular weight is 320 g/mol. The van der Waals surface area contributed by atoms with Gasteiger partial charge in [-0.1, -0.05) is 22.0 Å². The lowest BCUT2D eigenvalue weighted by atomic mass is 10.3. The van der Waals surface area contributed by atoms with E-state index in [1.54, 1.807) is 17.7 Å². The highest BCUT2D eigenvalue weighted by atomic mass is 79.9. The zero-order valence-electron chi connectivity index (χ0n) is 9.64. The molecule has 0 unspecified atom stereocenters. The molecule has 0 bridgehead atoms. The van der Waals surface area contributed by atoms with Gasteiger partial charge in [-0.2, -0.15) is 0 Å². The van der Waals surface area contributed by atoms with Crippen molar-refractivity contribution < 1.29 is 0 Å². The molecule has 0 fully saturated rings. The van der Waals surface area contributed by atoms with Crippen LogP contribution in [0.4, 0.5) is 11.5 Å². The summed E-state index contributed by atoms with van der Waals surface area (Å²) in [5.41, 5.74) is 3.22. The number of nitrogens with one attached hydrogen (secondary N) is 1. The first-order valence-corrected chi connectivity index (χ1v) is 7.13. The number of thiophene rings is 1. The first-order valence-electron chi connectivity index (χ1n) is 5.45. The van der Waals surface area contributed by atoms with Gasteiger partial charge in [0.25, 0.3) is 0 Å². The van der Waals surface area contributed by atoms with E-state index in [0.717, 1.165) is 26.2 Å². The molecule has 0 atom stereocenters. The van der Waals surface area contributed by atoms with Gasteiger partial charge < -0.3 is 5.32 Å². The predicted octanol–water partition coefficient (Wildman–Crippen LogP) is 4.51. The lowest BCUT2D eigenvalue weighted by Crippen LogP contribution is -1.94. The fraction of sp³-hybridized carbons (Fsp3) is 0.0769. The van der Waals surface area contributed by atoms with Crippen molar-refractivity contribution in [1.29, 1.82) is 0 Å². The molecule has 0 radical (unpaired) electrons. The Morgan fingerprint density at radius 1 is 1.28 bits per heavy atom. The molecular weight excluding hydrogens is 310 g/mol. The summed E-state index contributed by atoms with van der Waals surface area (Å²) < 4.78 is 2.13. The van der Waals surface area contributed by atoms with Crippen LogP contribution in [0, 0.1) is 6.92 Å². The molecule has 3 rings (SSSR count). The van der Waals surface area contributed by atoms with Gasteiger partial charge in [-0.05, 0) is 36.1 Å². The first kappa shape index (κ1) is 11.6. The highest BCUT2D eigenvalue weighted by Crippen LogP contribution is 2.30. The fourth-order valence-electron chi connectivity index (χ4n) is 1.76. The van der Waals surface area contributed by atoms with Gasteiger partial charge in [0.05, 0.1) is 10.2 Å². The van der Waals surface area contributed by atoms with Crippen LogP contribution in [0.2, 0.25) is 0 Å². The molecule has 0 aliphatic carbocycles. The molecule has 2 heterocycles. The molecule has 0 aliphatic rings. The van der Waals surface area contributed by atoms with Gasteiger partial charge in [0.1, 0.15) is 6.33 Å². The molecule has 0 aliphatic heterocycles. The average Bonchev–Trinajstić information content (AvgIpc) is 2.73. The van der Waals surface area contributed by atoms with Gasteiger partial charge in [-0.15, -0.1) is 11.3 Å². The third kappa shape index (κ3) is 2.11. The molecule has 1 N–H and O–H groups in total. The summed E-state index contributed by atoms with van der Waals surface area (Å²) >= 11 is 5.12. The minimum atomic E-state index is 0.858. The number of nitrogens with zero attached hydrogens (tertiary/aromatic N) is 2. The zero-order valence-corrected chi connectivity index (χ0v) is 12.0. The summed E-state index contributed by atoms with van der Waals surface area (Å²) in [4.78, 5) is 8.63. The molecular formula is C13H10BrN3S. The van der Waals surface area contributed by atoms with Crippen molar-refractivity contribution in [3.05, 3.63) is 46.0 Å². The largest absolute Gasteiger partial charge is 0.339 e. The summed E-state index contributed by atoms with van der Waals surface area (Å²) in [5.74, 6) is 0.858. The lowest BCUT2D eigenvalue weighted by molar-refractivity contribution is 1.22. The van der Waals surface area contributed by atoms with Gasteiger partial charge in [0.2, 0.25) is 0 Å². The number of aromatic nitrogens is 2. The number of halogens is 1. The second-order valence-corrected chi connectivity index (χ2v) is 5.75. The van der Waals surface area contributed by atoms with Crippen molar-refractivity contribution in [3.8, 4) is 0 Å². The van der Waals surface area contributed by atoms with Crippen LogP contribution >= 0.6 is 27.3 Å². The Hall–Kier alpha value is -1.46. The number of fused-ring (bicyclic) bond motifs is 1. The standard InChI is InChI=1S/C13H10BrN3S/c1-8-6-18-12-11(8)15-7-16-13(12)17-10-4-2-3-9(14)5-10/h2-7H,1H3,(H,15,16,17). The second-order valence-electron chi connectivity index (χ2n) is 3.95. The smallest absolute Gasteiger partial charge is 0.151 e. The highest BCUT2D eigenvalue weighted by Gasteiger charge is 2.08. The zero-order chi connectivity index (χ0) is 12.5. The van der Waals surface area contributed by atoms with Crippen molar-refractivity contribution in [3.63, 3.8) is 0 Å². The topological polar surface area (TPSA) is 37.8 Å². The predicted molar refractivity (Wildman–Crippen MR) is 79.6 cm³/mol. The Balaban J connectivity index is 2.05. The van der Waals surface area contributed by atoms with Crippen LogP contribution in [0.1, 0.15) is 5.56 Å². The molecule has 0 amide bonds. The molecule has 3 aromatic rings. The van der Waals surface area contributed by atoms with Crippen LogP contribution < -0.4 is 5.32 Å². The Labute approximate surface area is 117 Å². The van der Waals surface area contributed by atoms with Gasteiger partial charge in [-0.25, -0.2) is 9.97 Å². The SMILES string of the molecule is Cc1csc2c(Nc3cccc(Br)c3)ncnc12. The summed E-state index contributed by atoms with van der Waals surface area (Å²) in [5, 5.41) is 5.43. The molecule has 0 saturated carbocycles. The molecule has 3 nitrogen and oxygen atoms in total. The molecule has 18 heavy (non-hydrogen) atoms. The van der Waals surface area contributed by atoms with Crippen molar-refractivity contribution in [1.82, 2.24) is 9.97 Å². The third-order valence-electron chi connectivity index (χ3n) is 2.62. The number of rotatable bonds is 2. The van der Waals surface area contributed by atoms with Crippen LogP contribution in [0.15, 0.2) is 40.4 Å². The Kier molecular flexibility index (Phi) is 3.01. The van der Waals surface area contributed by atoms with Crippen molar-refractivity contribution in [2.75, 3.05) is 5.32 Å². The van der Waals surface area contributed by atoms with E-state index in [1.165, 1.54) is 5.56 Å². The van der Waals surface area contributed by atoms with Crippen LogP contribution in [-0.4, -0.2) is 9.97 Å². The monoisotopic (exact) mass is 319 g/mol. The van der Waals surface area contributed by atoms with E-state index in [1.807, 2.05) is 24.3 Å². The van der Waals surface area contributed by atoms with E-state index in [4.69, 9.17) is 0 Å². The summed E-state index contributed by atoms with van der Waals surface area (Å²) in [6, 6.07) is 8.02. The minimum Gasteiger partial charge on any atom is -0.339 e. The maximum atomic E-state index is 4.32. The number of benzene rings is 1. The van der Waals surface area contributed by atoms with E-state index >= 15 is 0 Å². The van der Waals surface area contributed by atoms with Gasteiger partial charge in [0.15, 0.2) is 5.82 Å². The maximum absolute atomic E-state index is 4.32. The molecule has 1 aromatic carbocycles. The lowest BCUT2D eigenvalue weighted by Gasteiger charge is -2.06. The highest BCUT2D eigenvalue weighted by molar-refractivity contribution is 9.10.